The third-order valence-electron chi connectivity index (χ3n) is 2.54. The second-order valence-electron chi connectivity index (χ2n) is 3.58. The number of carbonyl (C=O) groups excluding carboxylic acids is 1. The number of rotatable bonds is 6. The summed E-state index contributed by atoms with van der Waals surface area (Å²) in [6, 6.07) is 0. The molecule has 0 saturated heterocycles. The van der Waals surface area contributed by atoms with Gasteiger partial charge in [-0.2, -0.15) is 0 Å². The van der Waals surface area contributed by atoms with Gasteiger partial charge in [-0.3, -0.25) is 4.79 Å². The van der Waals surface area contributed by atoms with Gasteiger partial charge in [0.1, 0.15) is 5.71 Å². The van der Waals surface area contributed by atoms with E-state index < -0.39 is 0 Å². The highest BCUT2D eigenvalue weighted by molar-refractivity contribution is 6.40. The van der Waals surface area contributed by atoms with E-state index in [1.165, 1.54) is 12.8 Å². The zero-order valence-corrected chi connectivity index (χ0v) is 8.86. The van der Waals surface area contributed by atoms with E-state index in [-0.39, 0.29) is 11.8 Å². The van der Waals surface area contributed by atoms with Crippen LogP contribution >= 0.6 is 0 Å². The van der Waals surface area contributed by atoms with Crippen LogP contribution in [-0.4, -0.2) is 11.6 Å². The first-order valence-electron chi connectivity index (χ1n) is 5.32. The molecule has 14 heavy (non-hydrogen) atoms. The lowest BCUT2D eigenvalue weighted by molar-refractivity contribution is -0.112. The fourth-order valence-electron chi connectivity index (χ4n) is 1.64. The molecule has 0 aliphatic carbocycles. The van der Waals surface area contributed by atoms with Gasteiger partial charge in [0.15, 0.2) is 0 Å². The van der Waals surface area contributed by atoms with Gasteiger partial charge in [-0.25, -0.2) is 0 Å². The van der Waals surface area contributed by atoms with Gasteiger partial charge < -0.3 is 0 Å². The molecule has 4 nitrogen and oxygen atoms in total. The quantitative estimate of drug-likeness (QED) is 0.601. The molecule has 1 heterocycles. The molecule has 1 atom stereocenters. The second kappa shape index (κ2) is 5.62. The monoisotopic (exact) mass is 195 g/mol. The summed E-state index contributed by atoms with van der Waals surface area (Å²) in [5, 5.41) is 10.6. The van der Waals surface area contributed by atoms with Crippen molar-refractivity contribution in [1.29, 1.82) is 0 Å². The second-order valence-corrected chi connectivity index (χ2v) is 3.58. The van der Waals surface area contributed by atoms with E-state index in [1.54, 1.807) is 0 Å². The van der Waals surface area contributed by atoms with Gasteiger partial charge in [0.25, 0.3) is 0 Å². The number of hydrogen-bond donors (Lipinski definition) is 0. The maximum absolute atomic E-state index is 11.2. The normalized spacial score (nSPS) is 17.3. The average Bonchev–Trinajstić information content (AvgIpc) is 2.60. The van der Waals surface area contributed by atoms with Crippen LogP contribution in [0.4, 0.5) is 0 Å². The number of unbranched alkanes of at least 4 members (excludes halogenated alkanes) is 2. The fraction of sp³-hybridized carbons (Fsp3) is 0.800. The predicted molar refractivity (Wildman–Crippen MR) is 55.2 cm³/mol. The van der Waals surface area contributed by atoms with Gasteiger partial charge in [0.05, 0.1) is 0 Å². The molecule has 0 aromatic heterocycles. The first kappa shape index (κ1) is 11.0. The van der Waals surface area contributed by atoms with Gasteiger partial charge in [-0.1, -0.05) is 38.2 Å². The van der Waals surface area contributed by atoms with Crippen molar-refractivity contribution >= 4 is 11.6 Å². The Hall–Kier alpha value is -1.06. The number of nitrogens with zero attached hydrogens (tertiary/aromatic N) is 3. The minimum atomic E-state index is -0.242. The molecule has 0 radical (unpaired) electrons. The molecular weight excluding hydrogens is 178 g/mol. The van der Waals surface area contributed by atoms with Crippen molar-refractivity contribution in [3.8, 4) is 0 Å². The third kappa shape index (κ3) is 2.72. The lowest BCUT2D eigenvalue weighted by Gasteiger charge is -2.11. The highest BCUT2D eigenvalue weighted by atomic mass is 16.2. The smallest absolute Gasteiger partial charge is 0.264 e. The van der Waals surface area contributed by atoms with E-state index in [0.717, 1.165) is 19.3 Å². The largest absolute Gasteiger partial charge is 0.313 e. The van der Waals surface area contributed by atoms with Crippen molar-refractivity contribution in [2.45, 2.75) is 46.0 Å². The zero-order valence-electron chi connectivity index (χ0n) is 8.86. The Morgan fingerprint density at radius 3 is 2.57 bits per heavy atom. The Morgan fingerprint density at radius 1 is 1.29 bits per heavy atom. The van der Waals surface area contributed by atoms with Crippen molar-refractivity contribution in [3.63, 3.8) is 0 Å². The standard InChI is InChI=1S/C10H17N3O/c1-3-5-6-7-8(4-2)9-10(14)12-13-11-9/h8H,3-7H2,1-2H3. The molecule has 1 amide bonds. The maximum atomic E-state index is 11.2. The lowest BCUT2D eigenvalue weighted by atomic mass is 9.93. The van der Waals surface area contributed by atoms with Gasteiger partial charge in [0.2, 0.25) is 0 Å². The summed E-state index contributed by atoms with van der Waals surface area (Å²) in [7, 11) is 0. The zero-order chi connectivity index (χ0) is 10.4. The minimum absolute atomic E-state index is 0.242. The van der Waals surface area contributed by atoms with E-state index in [0.29, 0.717) is 5.71 Å². The number of amides is 1. The molecule has 4 heteroatoms. The SMILES string of the molecule is CCCCCC(CC)C1=NN=NC1=O. The van der Waals surface area contributed by atoms with Gasteiger partial charge in [-0.15, -0.1) is 5.10 Å². The van der Waals surface area contributed by atoms with E-state index in [4.69, 9.17) is 0 Å². The van der Waals surface area contributed by atoms with Crippen LogP contribution in [0.3, 0.4) is 0 Å². The van der Waals surface area contributed by atoms with E-state index in [9.17, 15) is 4.79 Å². The van der Waals surface area contributed by atoms with Crippen molar-refractivity contribution in [1.82, 2.24) is 0 Å². The van der Waals surface area contributed by atoms with Gasteiger partial charge in [-0.05, 0) is 18.1 Å². The van der Waals surface area contributed by atoms with Crippen molar-refractivity contribution < 1.29 is 4.79 Å². The molecule has 1 aliphatic rings. The molecule has 0 aromatic carbocycles. The van der Waals surface area contributed by atoms with Crippen LogP contribution in [0, 0.1) is 5.92 Å². The molecular formula is C10H17N3O. The van der Waals surface area contributed by atoms with E-state index >= 15 is 0 Å². The van der Waals surface area contributed by atoms with Gasteiger partial charge >= 0.3 is 5.91 Å². The van der Waals surface area contributed by atoms with Crippen molar-refractivity contribution in [2.75, 3.05) is 0 Å². The Balaban J connectivity index is 2.42. The Bertz CT molecular complexity index is 258. The van der Waals surface area contributed by atoms with Gasteiger partial charge in [0, 0.05) is 5.92 Å². The lowest BCUT2D eigenvalue weighted by Crippen LogP contribution is -2.19. The fourth-order valence-corrected chi connectivity index (χ4v) is 1.64. The average molecular weight is 195 g/mol. The molecule has 1 rings (SSSR count). The Kier molecular flexibility index (Phi) is 4.43. The molecule has 0 saturated carbocycles. The summed E-state index contributed by atoms with van der Waals surface area (Å²) in [4.78, 5) is 11.2. The highest BCUT2D eigenvalue weighted by Crippen LogP contribution is 2.18. The van der Waals surface area contributed by atoms with Crippen LogP contribution in [0.2, 0.25) is 0 Å². The van der Waals surface area contributed by atoms with Crippen LogP contribution in [0.15, 0.2) is 15.4 Å². The molecule has 0 N–H and O–H groups in total. The topological polar surface area (TPSA) is 54.1 Å². The van der Waals surface area contributed by atoms with E-state index in [2.05, 4.69) is 29.3 Å². The molecule has 1 aliphatic heterocycles. The molecule has 0 spiro atoms. The van der Waals surface area contributed by atoms with E-state index in [1.807, 2.05) is 0 Å². The van der Waals surface area contributed by atoms with Crippen molar-refractivity contribution in [2.24, 2.45) is 21.4 Å². The van der Waals surface area contributed by atoms with Crippen LogP contribution in [0.5, 0.6) is 0 Å². The summed E-state index contributed by atoms with van der Waals surface area (Å²) in [6.45, 7) is 4.24. The molecule has 1 unspecified atom stereocenters. The van der Waals surface area contributed by atoms with Crippen LogP contribution in [-0.2, 0) is 4.79 Å². The summed E-state index contributed by atoms with van der Waals surface area (Å²) < 4.78 is 0. The molecule has 0 aromatic rings. The van der Waals surface area contributed by atoms with Crippen LogP contribution in [0.1, 0.15) is 46.0 Å². The molecule has 0 fully saturated rings. The maximum Gasteiger partial charge on any atom is 0.313 e. The van der Waals surface area contributed by atoms with Crippen LogP contribution in [0.25, 0.3) is 0 Å². The Labute approximate surface area is 84.5 Å². The minimum Gasteiger partial charge on any atom is -0.264 e. The molecule has 0 bridgehead atoms. The highest BCUT2D eigenvalue weighted by Gasteiger charge is 2.24. The molecule has 78 valence electrons. The summed E-state index contributed by atoms with van der Waals surface area (Å²) >= 11 is 0. The predicted octanol–water partition coefficient (Wildman–Crippen LogP) is 2.94. The third-order valence-corrected chi connectivity index (χ3v) is 2.54. The first-order valence-corrected chi connectivity index (χ1v) is 5.32. The first-order chi connectivity index (χ1) is 6.79. The number of hydrogen-bond acceptors (Lipinski definition) is 3. The van der Waals surface area contributed by atoms with Crippen molar-refractivity contribution in [3.05, 3.63) is 0 Å². The Morgan fingerprint density at radius 2 is 2.07 bits per heavy atom. The summed E-state index contributed by atoms with van der Waals surface area (Å²) in [5.74, 6) is 0.0115. The number of carbonyl (C=O) groups is 1. The summed E-state index contributed by atoms with van der Waals surface area (Å²) in [5.41, 5.74) is 0.559. The van der Waals surface area contributed by atoms with Crippen LogP contribution < -0.4 is 0 Å². The summed E-state index contributed by atoms with van der Waals surface area (Å²) in [6.07, 6.45) is 5.54.